The number of nitrogens with one attached hydrogen (secondary N) is 1. The second-order valence-corrected chi connectivity index (χ2v) is 6.93. The Balaban J connectivity index is 1.79. The summed E-state index contributed by atoms with van der Waals surface area (Å²) in [5.41, 5.74) is 3.67. The minimum Gasteiger partial charge on any atom is -0.267 e. The number of carbonyl (C=O) groups excluding carboxylic acids is 2. The van der Waals surface area contributed by atoms with Crippen LogP contribution < -0.4 is 5.43 Å². The van der Waals surface area contributed by atoms with E-state index in [2.05, 4.69) is 5.43 Å². The SMILES string of the molecule is O=C(NN1C(=O)/C(=C/c2ccccc2)SC1=S)c1ccccc1Cl. The summed E-state index contributed by atoms with van der Waals surface area (Å²) in [6.07, 6.45) is 1.74. The second kappa shape index (κ2) is 7.17. The number of amides is 2. The van der Waals surface area contributed by atoms with Crippen molar-refractivity contribution in [3.05, 3.63) is 75.7 Å². The van der Waals surface area contributed by atoms with E-state index < -0.39 is 5.91 Å². The number of hydrogen-bond acceptors (Lipinski definition) is 4. The third-order valence-electron chi connectivity index (χ3n) is 3.22. The van der Waals surface area contributed by atoms with Crippen molar-refractivity contribution in [2.45, 2.75) is 0 Å². The van der Waals surface area contributed by atoms with Gasteiger partial charge in [0.2, 0.25) is 0 Å². The van der Waals surface area contributed by atoms with E-state index in [0.29, 0.717) is 9.93 Å². The molecule has 120 valence electrons. The summed E-state index contributed by atoms with van der Waals surface area (Å²) in [6, 6.07) is 16.0. The quantitative estimate of drug-likeness (QED) is 0.654. The lowest BCUT2D eigenvalue weighted by molar-refractivity contribution is -0.123. The van der Waals surface area contributed by atoms with Gasteiger partial charge in [-0.05, 0) is 36.0 Å². The first kappa shape index (κ1) is 16.7. The lowest BCUT2D eigenvalue weighted by Gasteiger charge is -2.16. The number of hydrogen-bond donors (Lipinski definition) is 1. The monoisotopic (exact) mass is 374 g/mol. The van der Waals surface area contributed by atoms with Crippen LogP contribution >= 0.6 is 35.6 Å². The molecule has 1 aliphatic heterocycles. The molecule has 0 aromatic heterocycles. The molecule has 0 radical (unpaired) electrons. The average Bonchev–Trinajstić information content (AvgIpc) is 2.83. The molecule has 1 fully saturated rings. The molecule has 0 atom stereocenters. The molecule has 0 bridgehead atoms. The summed E-state index contributed by atoms with van der Waals surface area (Å²) in [5, 5.41) is 1.38. The predicted molar refractivity (Wildman–Crippen MR) is 100 cm³/mol. The van der Waals surface area contributed by atoms with Gasteiger partial charge in [-0.25, -0.2) is 0 Å². The fourth-order valence-corrected chi connectivity index (χ4v) is 3.47. The molecule has 0 spiro atoms. The number of carbonyl (C=O) groups is 2. The van der Waals surface area contributed by atoms with Crippen LogP contribution in [0.4, 0.5) is 0 Å². The van der Waals surface area contributed by atoms with Crippen LogP contribution in [0.2, 0.25) is 5.02 Å². The zero-order chi connectivity index (χ0) is 17.1. The molecule has 1 N–H and O–H groups in total. The number of thiocarbonyl (C=S) groups is 1. The normalized spacial score (nSPS) is 15.9. The van der Waals surface area contributed by atoms with Gasteiger partial charge in [0, 0.05) is 0 Å². The summed E-state index contributed by atoms with van der Waals surface area (Å²) in [6.45, 7) is 0. The van der Waals surface area contributed by atoms with Crippen molar-refractivity contribution in [1.82, 2.24) is 10.4 Å². The zero-order valence-corrected chi connectivity index (χ0v) is 14.6. The van der Waals surface area contributed by atoms with Crippen LogP contribution in [0.25, 0.3) is 6.08 Å². The molecule has 0 unspecified atom stereocenters. The van der Waals surface area contributed by atoms with Gasteiger partial charge in [0.1, 0.15) is 0 Å². The highest BCUT2D eigenvalue weighted by molar-refractivity contribution is 8.26. The van der Waals surface area contributed by atoms with Crippen molar-refractivity contribution in [2.75, 3.05) is 0 Å². The van der Waals surface area contributed by atoms with Gasteiger partial charge in [-0.15, -0.1) is 0 Å². The fourth-order valence-electron chi connectivity index (χ4n) is 2.07. The Morgan fingerprint density at radius 2 is 1.79 bits per heavy atom. The molecule has 24 heavy (non-hydrogen) atoms. The van der Waals surface area contributed by atoms with E-state index in [0.717, 1.165) is 22.3 Å². The zero-order valence-electron chi connectivity index (χ0n) is 12.2. The highest BCUT2D eigenvalue weighted by atomic mass is 35.5. The van der Waals surface area contributed by atoms with E-state index in [1.54, 1.807) is 30.3 Å². The van der Waals surface area contributed by atoms with Gasteiger partial charge >= 0.3 is 0 Å². The van der Waals surface area contributed by atoms with Crippen LogP contribution in [-0.4, -0.2) is 21.1 Å². The molecule has 1 saturated heterocycles. The van der Waals surface area contributed by atoms with E-state index in [1.807, 2.05) is 30.3 Å². The van der Waals surface area contributed by atoms with Gasteiger partial charge < -0.3 is 0 Å². The fraction of sp³-hybridized carbons (Fsp3) is 0. The summed E-state index contributed by atoms with van der Waals surface area (Å²) < 4.78 is 0.266. The number of thioether (sulfide) groups is 1. The molecule has 4 nitrogen and oxygen atoms in total. The van der Waals surface area contributed by atoms with Crippen LogP contribution in [-0.2, 0) is 4.79 Å². The summed E-state index contributed by atoms with van der Waals surface area (Å²) in [4.78, 5) is 25.2. The molecule has 2 aromatic rings. The van der Waals surface area contributed by atoms with E-state index in [-0.39, 0.29) is 15.8 Å². The maximum atomic E-state index is 12.5. The van der Waals surface area contributed by atoms with E-state index >= 15 is 0 Å². The number of nitrogens with zero attached hydrogens (tertiary/aromatic N) is 1. The Bertz CT molecular complexity index is 853. The summed E-state index contributed by atoms with van der Waals surface area (Å²) in [5.74, 6) is -0.855. The van der Waals surface area contributed by atoms with Gasteiger partial charge in [0.25, 0.3) is 11.8 Å². The van der Waals surface area contributed by atoms with E-state index in [4.69, 9.17) is 23.8 Å². The predicted octanol–water partition coefficient (Wildman–Crippen LogP) is 3.89. The van der Waals surface area contributed by atoms with Crippen molar-refractivity contribution in [1.29, 1.82) is 0 Å². The van der Waals surface area contributed by atoms with Crippen molar-refractivity contribution in [2.24, 2.45) is 0 Å². The maximum Gasteiger partial charge on any atom is 0.285 e. The first-order chi connectivity index (χ1) is 11.6. The summed E-state index contributed by atoms with van der Waals surface area (Å²) >= 11 is 12.3. The molecular formula is C17H11ClN2O2S2. The maximum absolute atomic E-state index is 12.5. The highest BCUT2D eigenvalue weighted by Gasteiger charge is 2.34. The van der Waals surface area contributed by atoms with Crippen LogP contribution in [0.1, 0.15) is 15.9 Å². The van der Waals surface area contributed by atoms with Gasteiger partial charge in [0.15, 0.2) is 4.32 Å². The Morgan fingerprint density at radius 3 is 2.50 bits per heavy atom. The first-order valence-electron chi connectivity index (χ1n) is 6.95. The van der Waals surface area contributed by atoms with Gasteiger partial charge in [-0.3, -0.25) is 15.0 Å². The smallest absolute Gasteiger partial charge is 0.267 e. The van der Waals surface area contributed by atoms with Crippen LogP contribution in [0.3, 0.4) is 0 Å². The largest absolute Gasteiger partial charge is 0.285 e. The molecule has 3 rings (SSSR count). The van der Waals surface area contributed by atoms with Crippen molar-refractivity contribution in [3.8, 4) is 0 Å². The van der Waals surface area contributed by atoms with Gasteiger partial charge in [-0.1, -0.05) is 65.8 Å². The lowest BCUT2D eigenvalue weighted by atomic mass is 10.2. The molecule has 1 aliphatic rings. The van der Waals surface area contributed by atoms with Crippen molar-refractivity contribution in [3.63, 3.8) is 0 Å². The number of halogens is 1. The number of benzene rings is 2. The topological polar surface area (TPSA) is 49.4 Å². The lowest BCUT2D eigenvalue weighted by Crippen LogP contribution is -2.44. The Morgan fingerprint density at radius 1 is 1.12 bits per heavy atom. The Kier molecular flexibility index (Phi) is 4.99. The summed E-state index contributed by atoms with van der Waals surface area (Å²) in [7, 11) is 0. The van der Waals surface area contributed by atoms with Crippen LogP contribution in [0.5, 0.6) is 0 Å². The number of hydrazine groups is 1. The van der Waals surface area contributed by atoms with Crippen molar-refractivity contribution < 1.29 is 9.59 Å². The average molecular weight is 375 g/mol. The van der Waals surface area contributed by atoms with Gasteiger partial charge in [-0.2, -0.15) is 5.01 Å². The molecule has 1 heterocycles. The minimum atomic E-state index is -0.488. The first-order valence-corrected chi connectivity index (χ1v) is 8.55. The third kappa shape index (κ3) is 3.51. The number of rotatable bonds is 3. The van der Waals surface area contributed by atoms with Crippen LogP contribution in [0.15, 0.2) is 59.5 Å². The minimum absolute atomic E-state index is 0.266. The molecule has 0 saturated carbocycles. The molecule has 2 amide bonds. The molecule has 7 heteroatoms. The molecular weight excluding hydrogens is 364 g/mol. The Hall–Kier alpha value is -2.15. The van der Waals surface area contributed by atoms with Crippen LogP contribution in [0, 0.1) is 0 Å². The van der Waals surface area contributed by atoms with Crippen molar-refractivity contribution >= 4 is 57.8 Å². The van der Waals surface area contributed by atoms with Gasteiger partial charge in [0.05, 0.1) is 15.5 Å². The Labute approximate surface area is 153 Å². The molecule has 2 aromatic carbocycles. The third-order valence-corrected chi connectivity index (χ3v) is 4.85. The molecule has 0 aliphatic carbocycles. The highest BCUT2D eigenvalue weighted by Crippen LogP contribution is 2.31. The van der Waals surface area contributed by atoms with E-state index in [9.17, 15) is 9.59 Å². The second-order valence-electron chi connectivity index (χ2n) is 4.85. The van der Waals surface area contributed by atoms with E-state index in [1.165, 1.54) is 0 Å². The standard InChI is InChI=1S/C17H11ClN2O2S2/c18-13-9-5-4-8-12(13)15(21)19-20-16(22)14(24-17(20)23)10-11-6-2-1-3-7-11/h1-10H,(H,19,21)/b14-10-.